The normalized spacial score (nSPS) is 12.0. The molecule has 6 nitrogen and oxygen atoms in total. The van der Waals surface area contributed by atoms with Crippen LogP contribution in [0.4, 0.5) is 0 Å². The van der Waals surface area contributed by atoms with Crippen molar-refractivity contribution in [1.29, 1.82) is 0 Å². The number of ether oxygens (including phenoxy) is 2. The molecule has 9 heteroatoms. The molecular weight excluding hydrogens is 594 g/mol. The molecule has 0 bridgehead atoms. The first-order valence-corrected chi connectivity index (χ1v) is 11.9. The molecule has 3 rings (SSSR count). The molecule has 0 aliphatic heterocycles. The van der Waals surface area contributed by atoms with Gasteiger partial charge in [-0.2, -0.15) is 9.78 Å². The van der Waals surface area contributed by atoms with Gasteiger partial charge in [0.2, 0.25) is 0 Å². The zero-order valence-corrected chi connectivity index (χ0v) is 22.6. The Kier molecular flexibility index (Phi) is 7.28. The second kappa shape index (κ2) is 9.42. The molecule has 1 aromatic heterocycles. The number of halogens is 3. The maximum Gasteiger partial charge on any atom is 0.282 e. The van der Waals surface area contributed by atoms with Crippen molar-refractivity contribution in [3.05, 3.63) is 59.4 Å². The Bertz CT molecular complexity index is 1230. The van der Waals surface area contributed by atoms with Crippen molar-refractivity contribution in [1.82, 2.24) is 9.66 Å². The lowest BCUT2D eigenvalue weighted by Crippen LogP contribution is -2.29. The fourth-order valence-corrected chi connectivity index (χ4v) is 4.36. The zero-order chi connectivity index (χ0) is 22.9. The predicted molar refractivity (Wildman–Crippen MR) is 135 cm³/mol. The molecule has 0 saturated carbocycles. The summed E-state index contributed by atoms with van der Waals surface area (Å²) in [4.78, 5) is 18.1. The fourth-order valence-electron chi connectivity index (χ4n) is 3.01. The lowest BCUT2D eigenvalue weighted by Gasteiger charge is -2.21. The molecule has 0 saturated heterocycles. The summed E-state index contributed by atoms with van der Waals surface area (Å²) in [6, 6.07) is 7.27. The highest BCUT2D eigenvalue weighted by atomic mass is 79.9. The maximum atomic E-state index is 13.3. The van der Waals surface area contributed by atoms with Crippen molar-refractivity contribution < 1.29 is 9.47 Å². The van der Waals surface area contributed by atoms with Crippen LogP contribution in [-0.2, 0) is 5.41 Å². The van der Waals surface area contributed by atoms with Gasteiger partial charge >= 0.3 is 0 Å². The van der Waals surface area contributed by atoms with Crippen LogP contribution in [0.15, 0.2) is 47.6 Å². The maximum absolute atomic E-state index is 13.3. The number of methoxy groups -OCH3 is 1. The number of rotatable bonds is 5. The van der Waals surface area contributed by atoms with E-state index in [1.165, 1.54) is 4.68 Å². The standard InChI is InChI=1S/C22H22Br3N3O3/c1-6-31-16-9-12(17(24)18(25)19(16)30-5)11-26-28-20(29)14-10-13(23)7-8-15(14)27-21(28)22(2,3)4/h7-11H,6H2,1-5H3. The summed E-state index contributed by atoms with van der Waals surface area (Å²) >= 11 is 10.5. The molecule has 0 spiro atoms. The molecule has 0 N–H and O–H groups in total. The minimum Gasteiger partial charge on any atom is -0.492 e. The molecule has 0 radical (unpaired) electrons. The minimum absolute atomic E-state index is 0.235. The van der Waals surface area contributed by atoms with E-state index in [1.54, 1.807) is 19.4 Å². The Morgan fingerprint density at radius 2 is 1.87 bits per heavy atom. The first kappa shape index (κ1) is 23.9. The van der Waals surface area contributed by atoms with E-state index in [0.717, 1.165) is 14.5 Å². The lowest BCUT2D eigenvalue weighted by atomic mass is 9.95. The van der Waals surface area contributed by atoms with Crippen LogP contribution in [-0.4, -0.2) is 29.6 Å². The summed E-state index contributed by atoms with van der Waals surface area (Å²) in [5.74, 6) is 1.72. The van der Waals surface area contributed by atoms with Gasteiger partial charge in [0.1, 0.15) is 5.82 Å². The number of aromatic nitrogens is 2. The Morgan fingerprint density at radius 3 is 2.48 bits per heavy atom. The molecule has 0 atom stereocenters. The number of hydrogen-bond donors (Lipinski definition) is 0. The smallest absolute Gasteiger partial charge is 0.282 e. The van der Waals surface area contributed by atoms with Gasteiger partial charge in [0.05, 0.1) is 35.3 Å². The molecule has 31 heavy (non-hydrogen) atoms. The van der Waals surface area contributed by atoms with Crippen LogP contribution in [0, 0.1) is 0 Å². The van der Waals surface area contributed by atoms with E-state index in [4.69, 9.17) is 14.5 Å². The quantitative estimate of drug-likeness (QED) is 0.317. The van der Waals surface area contributed by atoms with Crippen molar-refractivity contribution in [2.45, 2.75) is 33.1 Å². The second-order valence-electron chi connectivity index (χ2n) is 7.77. The van der Waals surface area contributed by atoms with E-state index >= 15 is 0 Å². The van der Waals surface area contributed by atoms with Crippen LogP contribution >= 0.6 is 47.8 Å². The van der Waals surface area contributed by atoms with Gasteiger partial charge in [0.15, 0.2) is 11.5 Å². The largest absolute Gasteiger partial charge is 0.492 e. The van der Waals surface area contributed by atoms with Crippen LogP contribution in [0.5, 0.6) is 11.5 Å². The van der Waals surface area contributed by atoms with Gasteiger partial charge in [0, 0.05) is 19.9 Å². The zero-order valence-electron chi connectivity index (χ0n) is 17.8. The highest BCUT2D eigenvalue weighted by Gasteiger charge is 2.23. The summed E-state index contributed by atoms with van der Waals surface area (Å²) in [6.07, 6.45) is 1.61. The van der Waals surface area contributed by atoms with Gasteiger partial charge in [-0.15, -0.1) is 0 Å². The van der Waals surface area contributed by atoms with Crippen molar-refractivity contribution in [2.75, 3.05) is 13.7 Å². The van der Waals surface area contributed by atoms with Gasteiger partial charge in [-0.25, -0.2) is 4.98 Å². The van der Waals surface area contributed by atoms with Crippen LogP contribution in [0.25, 0.3) is 10.9 Å². The number of fused-ring (bicyclic) bond motifs is 1. The predicted octanol–water partition coefficient (Wildman–Crippen LogP) is 6.27. The van der Waals surface area contributed by atoms with Gasteiger partial charge < -0.3 is 9.47 Å². The summed E-state index contributed by atoms with van der Waals surface area (Å²) < 4.78 is 14.8. The van der Waals surface area contributed by atoms with E-state index in [0.29, 0.717) is 39.3 Å². The van der Waals surface area contributed by atoms with Gasteiger partial charge in [-0.05, 0) is 63.0 Å². The average molecular weight is 616 g/mol. The van der Waals surface area contributed by atoms with E-state index < -0.39 is 5.41 Å². The van der Waals surface area contributed by atoms with E-state index in [9.17, 15) is 4.79 Å². The molecule has 3 aromatic rings. The van der Waals surface area contributed by atoms with Crippen molar-refractivity contribution in [2.24, 2.45) is 5.10 Å². The highest BCUT2D eigenvalue weighted by Crippen LogP contribution is 2.42. The first-order valence-electron chi connectivity index (χ1n) is 9.54. The third-order valence-corrected chi connectivity index (χ3v) is 7.09. The third kappa shape index (κ3) is 4.88. The van der Waals surface area contributed by atoms with E-state index in [1.807, 2.05) is 45.9 Å². The number of nitrogens with zero attached hydrogens (tertiary/aromatic N) is 3. The summed E-state index contributed by atoms with van der Waals surface area (Å²) in [6.45, 7) is 8.38. The molecule has 164 valence electrons. The molecule has 0 aliphatic rings. The summed E-state index contributed by atoms with van der Waals surface area (Å²) in [5, 5.41) is 5.03. The van der Waals surface area contributed by atoms with E-state index in [-0.39, 0.29) is 5.56 Å². The van der Waals surface area contributed by atoms with Crippen LogP contribution in [0.2, 0.25) is 0 Å². The van der Waals surface area contributed by atoms with Crippen LogP contribution in [0.3, 0.4) is 0 Å². The number of benzene rings is 2. The lowest BCUT2D eigenvalue weighted by molar-refractivity contribution is 0.309. The second-order valence-corrected chi connectivity index (χ2v) is 10.3. The first-order chi connectivity index (χ1) is 14.6. The SMILES string of the molecule is CCOc1cc(C=Nn2c(C(C)(C)C)nc3ccc(Br)cc3c2=O)c(Br)c(Br)c1OC. The van der Waals surface area contributed by atoms with E-state index in [2.05, 4.69) is 52.9 Å². The molecular formula is C22H22Br3N3O3. The average Bonchev–Trinajstić information content (AvgIpc) is 2.70. The Balaban J connectivity index is 2.24. The Labute approximate surface area is 206 Å². The fraction of sp³-hybridized carbons (Fsp3) is 0.318. The Morgan fingerprint density at radius 1 is 1.16 bits per heavy atom. The van der Waals surface area contributed by atoms with Gasteiger partial charge in [-0.1, -0.05) is 36.7 Å². The topological polar surface area (TPSA) is 65.7 Å². The highest BCUT2D eigenvalue weighted by molar-refractivity contribution is 9.13. The molecule has 1 heterocycles. The van der Waals surface area contributed by atoms with Gasteiger partial charge in [-0.3, -0.25) is 4.79 Å². The van der Waals surface area contributed by atoms with Crippen LogP contribution < -0.4 is 15.0 Å². The molecule has 0 fully saturated rings. The third-order valence-electron chi connectivity index (χ3n) is 4.45. The summed E-state index contributed by atoms with van der Waals surface area (Å²) in [5.41, 5.74) is 0.724. The van der Waals surface area contributed by atoms with Crippen LogP contribution in [0.1, 0.15) is 39.1 Å². The van der Waals surface area contributed by atoms with Gasteiger partial charge in [0.25, 0.3) is 5.56 Å². The molecule has 0 unspecified atom stereocenters. The summed E-state index contributed by atoms with van der Waals surface area (Å²) in [7, 11) is 1.58. The molecule has 2 aromatic carbocycles. The van der Waals surface area contributed by atoms with Crippen molar-refractivity contribution in [3.63, 3.8) is 0 Å². The minimum atomic E-state index is -0.397. The Hall–Kier alpha value is -1.71. The molecule has 0 aliphatic carbocycles. The van der Waals surface area contributed by atoms with Crippen molar-refractivity contribution in [3.8, 4) is 11.5 Å². The molecule has 0 amide bonds. The van der Waals surface area contributed by atoms with Crippen molar-refractivity contribution >= 4 is 64.9 Å². The number of hydrogen-bond acceptors (Lipinski definition) is 5. The monoisotopic (exact) mass is 613 g/mol.